The summed E-state index contributed by atoms with van der Waals surface area (Å²) in [6, 6.07) is 0. The first-order chi connectivity index (χ1) is 12.5. The molecule has 1 aliphatic carbocycles. The second-order valence-electron chi connectivity index (χ2n) is 6.67. The van der Waals surface area contributed by atoms with Gasteiger partial charge in [-0.15, -0.1) is 11.3 Å². The first-order valence-electron chi connectivity index (χ1n) is 8.91. The normalized spacial score (nSPS) is 17.4. The van der Waals surface area contributed by atoms with Crippen molar-refractivity contribution in [1.82, 2.24) is 4.90 Å². The van der Waals surface area contributed by atoms with Gasteiger partial charge in [-0.2, -0.15) is 0 Å². The average molecular weight is 380 g/mol. The number of hydrogen-bond donors (Lipinski definition) is 1. The van der Waals surface area contributed by atoms with Crippen LogP contribution in [0.5, 0.6) is 0 Å². The molecule has 3 rings (SSSR count). The highest BCUT2D eigenvalue weighted by atomic mass is 32.1. The number of thiophene rings is 1. The largest absolute Gasteiger partial charge is 0.465 e. The lowest BCUT2D eigenvalue weighted by Gasteiger charge is -2.25. The summed E-state index contributed by atoms with van der Waals surface area (Å²) < 4.78 is 9.72. The SMILES string of the molecule is COC(=O)c1c(NC(=O)C2CCCCC2)sc2c1CCN(C(=O)OC)C2. The first-order valence-corrected chi connectivity index (χ1v) is 9.73. The van der Waals surface area contributed by atoms with Crippen LogP contribution in [-0.2, 0) is 27.2 Å². The van der Waals surface area contributed by atoms with E-state index in [9.17, 15) is 14.4 Å². The molecule has 1 N–H and O–H groups in total. The smallest absolute Gasteiger partial charge is 0.409 e. The van der Waals surface area contributed by atoms with E-state index in [0.717, 1.165) is 36.1 Å². The Hall–Kier alpha value is -2.09. The van der Waals surface area contributed by atoms with E-state index < -0.39 is 12.1 Å². The predicted octanol–water partition coefficient (Wildman–Crippen LogP) is 3.18. The third-order valence-corrected chi connectivity index (χ3v) is 6.22. The van der Waals surface area contributed by atoms with Crippen LogP contribution in [0.4, 0.5) is 9.80 Å². The monoisotopic (exact) mass is 380 g/mol. The number of nitrogens with zero attached hydrogens (tertiary/aromatic N) is 1. The number of carbonyl (C=O) groups is 3. The molecule has 142 valence electrons. The molecule has 1 fully saturated rings. The number of fused-ring (bicyclic) bond motifs is 1. The minimum Gasteiger partial charge on any atom is -0.465 e. The molecule has 2 aliphatic rings. The molecule has 1 aliphatic heterocycles. The predicted molar refractivity (Wildman–Crippen MR) is 97.4 cm³/mol. The minimum atomic E-state index is -0.451. The van der Waals surface area contributed by atoms with Gasteiger partial charge in [0.1, 0.15) is 5.00 Å². The van der Waals surface area contributed by atoms with E-state index in [4.69, 9.17) is 9.47 Å². The number of methoxy groups -OCH3 is 2. The lowest BCUT2D eigenvalue weighted by atomic mass is 9.88. The van der Waals surface area contributed by atoms with Gasteiger partial charge in [-0.1, -0.05) is 19.3 Å². The van der Waals surface area contributed by atoms with Crippen LogP contribution >= 0.6 is 11.3 Å². The summed E-state index contributed by atoms with van der Waals surface area (Å²) >= 11 is 1.35. The van der Waals surface area contributed by atoms with Gasteiger partial charge >= 0.3 is 12.1 Å². The summed E-state index contributed by atoms with van der Waals surface area (Å²) in [4.78, 5) is 39.2. The van der Waals surface area contributed by atoms with Crippen LogP contribution in [0, 0.1) is 5.92 Å². The first kappa shape index (κ1) is 18.7. The molecule has 0 spiro atoms. The van der Waals surface area contributed by atoms with Gasteiger partial charge in [-0.25, -0.2) is 9.59 Å². The lowest BCUT2D eigenvalue weighted by molar-refractivity contribution is -0.120. The summed E-state index contributed by atoms with van der Waals surface area (Å²) in [5.74, 6) is -0.480. The lowest BCUT2D eigenvalue weighted by Crippen LogP contribution is -2.35. The third-order valence-electron chi connectivity index (χ3n) is 5.09. The standard InChI is InChI=1S/C18H24N2O5S/c1-24-17(22)14-12-8-9-20(18(23)25-2)10-13(12)26-16(14)19-15(21)11-6-4-3-5-7-11/h11H,3-10H2,1-2H3,(H,19,21). The van der Waals surface area contributed by atoms with E-state index in [1.807, 2.05) is 0 Å². The zero-order chi connectivity index (χ0) is 18.7. The molecule has 1 saturated carbocycles. The van der Waals surface area contributed by atoms with Crippen molar-refractivity contribution < 1.29 is 23.9 Å². The van der Waals surface area contributed by atoms with E-state index in [0.29, 0.717) is 30.1 Å². The molecule has 1 aromatic rings. The van der Waals surface area contributed by atoms with Gasteiger partial charge in [0.05, 0.1) is 26.3 Å². The molecular formula is C18H24N2O5S. The average Bonchev–Trinajstić information content (AvgIpc) is 3.04. The maximum absolute atomic E-state index is 12.6. The van der Waals surface area contributed by atoms with Crippen LogP contribution in [0.15, 0.2) is 0 Å². The molecule has 8 heteroatoms. The number of amides is 2. The van der Waals surface area contributed by atoms with Gasteiger partial charge in [-0.3, -0.25) is 4.79 Å². The second-order valence-corrected chi connectivity index (χ2v) is 7.77. The Morgan fingerprint density at radius 3 is 2.50 bits per heavy atom. The Morgan fingerprint density at radius 1 is 1.12 bits per heavy atom. The molecule has 2 heterocycles. The fraction of sp³-hybridized carbons (Fsp3) is 0.611. The van der Waals surface area contributed by atoms with Crippen LogP contribution in [0.1, 0.15) is 52.9 Å². The minimum absolute atomic E-state index is 0.0000531. The van der Waals surface area contributed by atoms with Crippen molar-refractivity contribution in [2.24, 2.45) is 5.92 Å². The van der Waals surface area contributed by atoms with E-state index in [2.05, 4.69) is 5.32 Å². The Bertz CT molecular complexity index is 709. The zero-order valence-electron chi connectivity index (χ0n) is 15.1. The molecule has 0 aromatic carbocycles. The van der Waals surface area contributed by atoms with Crippen molar-refractivity contribution in [3.8, 4) is 0 Å². The van der Waals surface area contributed by atoms with Crippen molar-refractivity contribution in [3.05, 3.63) is 16.0 Å². The fourth-order valence-electron chi connectivity index (χ4n) is 3.67. The van der Waals surface area contributed by atoms with Crippen molar-refractivity contribution in [3.63, 3.8) is 0 Å². The Balaban J connectivity index is 1.85. The zero-order valence-corrected chi connectivity index (χ0v) is 15.9. The summed E-state index contributed by atoms with van der Waals surface area (Å²) in [6.07, 6.45) is 5.23. The van der Waals surface area contributed by atoms with Gasteiger partial charge < -0.3 is 19.7 Å². The highest BCUT2D eigenvalue weighted by Crippen LogP contribution is 2.38. The van der Waals surface area contributed by atoms with E-state index >= 15 is 0 Å². The van der Waals surface area contributed by atoms with Gasteiger partial charge in [0.15, 0.2) is 0 Å². The van der Waals surface area contributed by atoms with Crippen LogP contribution in [0.25, 0.3) is 0 Å². The quantitative estimate of drug-likeness (QED) is 0.814. The number of rotatable bonds is 3. The molecule has 2 amide bonds. The Morgan fingerprint density at radius 2 is 1.85 bits per heavy atom. The molecule has 26 heavy (non-hydrogen) atoms. The Kier molecular flexibility index (Phi) is 5.80. The van der Waals surface area contributed by atoms with Crippen molar-refractivity contribution >= 4 is 34.3 Å². The number of esters is 1. The number of carbonyl (C=O) groups excluding carboxylic acids is 3. The summed E-state index contributed by atoms with van der Waals surface area (Å²) in [6.45, 7) is 0.840. The third kappa shape index (κ3) is 3.70. The van der Waals surface area contributed by atoms with Gasteiger partial charge in [-0.05, 0) is 24.8 Å². The molecule has 0 unspecified atom stereocenters. The van der Waals surface area contributed by atoms with Crippen molar-refractivity contribution in [1.29, 1.82) is 0 Å². The second kappa shape index (κ2) is 8.07. The molecule has 0 radical (unpaired) electrons. The maximum Gasteiger partial charge on any atom is 0.409 e. The Labute approximate surface area is 156 Å². The van der Waals surface area contributed by atoms with E-state index in [1.165, 1.54) is 32.0 Å². The molecule has 1 aromatic heterocycles. The number of anilines is 1. The number of nitrogens with one attached hydrogen (secondary N) is 1. The van der Waals surface area contributed by atoms with Gasteiger partial charge in [0.2, 0.25) is 5.91 Å². The highest BCUT2D eigenvalue weighted by molar-refractivity contribution is 7.17. The van der Waals surface area contributed by atoms with Crippen molar-refractivity contribution in [2.75, 3.05) is 26.1 Å². The molecule has 7 nitrogen and oxygen atoms in total. The van der Waals surface area contributed by atoms with E-state index in [-0.39, 0.29) is 11.8 Å². The van der Waals surface area contributed by atoms with Crippen LogP contribution in [0.3, 0.4) is 0 Å². The molecular weight excluding hydrogens is 356 g/mol. The van der Waals surface area contributed by atoms with Crippen LogP contribution < -0.4 is 5.32 Å². The van der Waals surface area contributed by atoms with Gasteiger partial charge in [0, 0.05) is 17.3 Å². The summed E-state index contributed by atoms with van der Waals surface area (Å²) in [5, 5.41) is 3.49. The number of hydrogen-bond acceptors (Lipinski definition) is 6. The van der Waals surface area contributed by atoms with Crippen molar-refractivity contribution in [2.45, 2.75) is 45.1 Å². The fourth-order valence-corrected chi connectivity index (χ4v) is 4.93. The molecule has 0 saturated heterocycles. The van der Waals surface area contributed by atoms with E-state index in [1.54, 1.807) is 4.90 Å². The van der Waals surface area contributed by atoms with Crippen LogP contribution in [0.2, 0.25) is 0 Å². The van der Waals surface area contributed by atoms with Crippen LogP contribution in [-0.4, -0.2) is 43.6 Å². The topological polar surface area (TPSA) is 84.9 Å². The maximum atomic E-state index is 12.6. The molecule has 0 bridgehead atoms. The number of ether oxygens (including phenoxy) is 2. The van der Waals surface area contributed by atoms with Gasteiger partial charge in [0.25, 0.3) is 0 Å². The molecule has 0 atom stereocenters. The summed E-state index contributed by atoms with van der Waals surface area (Å²) in [5.41, 5.74) is 1.29. The highest BCUT2D eigenvalue weighted by Gasteiger charge is 2.32. The summed E-state index contributed by atoms with van der Waals surface area (Å²) in [7, 11) is 2.69.